The SMILES string of the molecule is CC(C)CCCCCCCCCCCCCCC(=O)OC[C@H](COC(=O)CCCCCCCCCCCCCC(C)C)OC(=O)CCCCCCCCCC(C)C. The van der Waals surface area contributed by atoms with Gasteiger partial charge in [0, 0.05) is 19.3 Å². The van der Waals surface area contributed by atoms with Crippen molar-refractivity contribution in [3.05, 3.63) is 0 Å². The lowest BCUT2D eigenvalue weighted by Crippen LogP contribution is -2.30. The minimum absolute atomic E-state index is 0.0656. The highest BCUT2D eigenvalue weighted by Gasteiger charge is 2.19. The summed E-state index contributed by atoms with van der Waals surface area (Å²) in [4.78, 5) is 37.9. The number of carbonyl (C=O) groups is 3. The van der Waals surface area contributed by atoms with Gasteiger partial charge in [-0.05, 0) is 37.0 Å². The number of unbranched alkanes of at least 4 members (excludes halogenated alkanes) is 27. The standard InChI is InChI=1S/C51H98O6/c1-45(2)37-31-25-19-14-10-7-8-12-16-22-28-34-40-49(52)55-43-48(57-51(54)42-36-30-24-18-21-27-33-39-47(5)6)44-56-50(53)41-35-29-23-17-13-9-11-15-20-26-32-38-46(3)4/h45-48H,7-44H2,1-6H3/t48-/m1/s1. The lowest BCUT2D eigenvalue weighted by molar-refractivity contribution is -0.167. The predicted octanol–water partition coefficient (Wildman–Crippen LogP) is 16.0. The van der Waals surface area contributed by atoms with Crippen molar-refractivity contribution < 1.29 is 28.6 Å². The highest BCUT2D eigenvalue weighted by Crippen LogP contribution is 2.17. The topological polar surface area (TPSA) is 78.9 Å². The molecular formula is C51H98O6. The van der Waals surface area contributed by atoms with E-state index in [9.17, 15) is 14.4 Å². The molecule has 0 amide bonds. The second kappa shape index (κ2) is 42.5. The molecule has 1 atom stereocenters. The molecule has 0 N–H and O–H groups in total. The fraction of sp³-hybridized carbons (Fsp3) is 0.941. The van der Waals surface area contributed by atoms with Gasteiger partial charge >= 0.3 is 17.9 Å². The van der Waals surface area contributed by atoms with Crippen LogP contribution in [0.5, 0.6) is 0 Å². The van der Waals surface area contributed by atoms with E-state index in [1.54, 1.807) is 0 Å². The molecule has 0 rings (SSSR count). The minimum Gasteiger partial charge on any atom is -0.462 e. The smallest absolute Gasteiger partial charge is 0.306 e. The Balaban J connectivity index is 4.29. The van der Waals surface area contributed by atoms with Crippen LogP contribution in [0.15, 0.2) is 0 Å². The first-order valence-electron chi connectivity index (χ1n) is 25.1. The third-order valence-electron chi connectivity index (χ3n) is 11.4. The van der Waals surface area contributed by atoms with E-state index >= 15 is 0 Å². The fourth-order valence-electron chi connectivity index (χ4n) is 7.59. The molecule has 0 unspecified atom stereocenters. The zero-order chi connectivity index (χ0) is 42.0. The lowest BCUT2D eigenvalue weighted by Gasteiger charge is -2.18. The summed E-state index contributed by atoms with van der Waals surface area (Å²) in [5.41, 5.74) is 0. The Morgan fingerprint density at radius 2 is 0.509 bits per heavy atom. The molecule has 0 aliphatic rings. The summed E-state index contributed by atoms with van der Waals surface area (Å²) in [7, 11) is 0. The third-order valence-corrected chi connectivity index (χ3v) is 11.4. The van der Waals surface area contributed by atoms with Crippen molar-refractivity contribution in [2.24, 2.45) is 17.8 Å². The van der Waals surface area contributed by atoms with Crippen molar-refractivity contribution in [2.75, 3.05) is 13.2 Å². The molecule has 0 saturated carbocycles. The molecule has 0 aromatic rings. The molecule has 0 spiro atoms. The monoisotopic (exact) mass is 807 g/mol. The Bertz CT molecular complexity index is 883. The van der Waals surface area contributed by atoms with Gasteiger partial charge in [0.2, 0.25) is 0 Å². The average Bonchev–Trinajstić information content (AvgIpc) is 3.16. The van der Waals surface area contributed by atoms with E-state index in [4.69, 9.17) is 14.2 Å². The zero-order valence-corrected chi connectivity index (χ0v) is 39.1. The molecule has 6 heteroatoms. The van der Waals surface area contributed by atoms with Gasteiger partial charge in [-0.25, -0.2) is 0 Å². The second-order valence-electron chi connectivity index (χ2n) is 18.9. The van der Waals surface area contributed by atoms with E-state index in [1.807, 2.05) is 0 Å². The van der Waals surface area contributed by atoms with Crippen molar-refractivity contribution in [3.63, 3.8) is 0 Å². The summed E-state index contributed by atoms with van der Waals surface area (Å²) < 4.78 is 16.8. The molecule has 0 fully saturated rings. The van der Waals surface area contributed by atoms with Gasteiger partial charge in [-0.3, -0.25) is 14.4 Å². The van der Waals surface area contributed by atoms with Gasteiger partial charge in [-0.15, -0.1) is 0 Å². The van der Waals surface area contributed by atoms with E-state index < -0.39 is 6.10 Å². The number of esters is 3. The molecule has 0 aliphatic heterocycles. The van der Waals surface area contributed by atoms with Crippen LogP contribution >= 0.6 is 0 Å². The van der Waals surface area contributed by atoms with Gasteiger partial charge in [0.25, 0.3) is 0 Å². The summed E-state index contributed by atoms with van der Waals surface area (Å²) >= 11 is 0. The summed E-state index contributed by atoms with van der Waals surface area (Å²) in [5.74, 6) is 1.58. The molecule has 0 saturated heterocycles. The Morgan fingerprint density at radius 3 is 0.754 bits per heavy atom. The zero-order valence-electron chi connectivity index (χ0n) is 39.1. The van der Waals surface area contributed by atoms with E-state index in [0.717, 1.165) is 75.5 Å². The van der Waals surface area contributed by atoms with Crippen LogP contribution in [0.4, 0.5) is 0 Å². The molecule has 0 aromatic carbocycles. The first kappa shape index (κ1) is 55.4. The quantitative estimate of drug-likeness (QED) is 0.0347. The van der Waals surface area contributed by atoms with Crippen molar-refractivity contribution >= 4 is 17.9 Å². The third kappa shape index (κ3) is 45.3. The fourth-order valence-corrected chi connectivity index (χ4v) is 7.59. The van der Waals surface area contributed by atoms with Crippen LogP contribution in [0.1, 0.15) is 273 Å². The molecule has 0 radical (unpaired) electrons. The summed E-state index contributed by atoms with van der Waals surface area (Å²) in [5, 5.41) is 0. The van der Waals surface area contributed by atoms with Crippen molar-refractivity contribution in [3.8, 4) is 0 Å². The van der Waals surface area contributed by atoms with Crippen LogP contribution in [0.3, 0.4) is 0 Å². The lowest BCUT2D eigenvalue weighted by atomic mass is 10.0. The molecular weight excluding hydrogens is 709 g/mol. The predicted molar refractivity (Wildman–Crippen MR) is 243 cm³/mol. The molecule has 0 heterocycles. The van der Waals surface area contributed by atoms with Crippen LogP contribution in [-0.4, -0.2) is 37.2 Å². The Kier molecular flexibility index (Phi) is 41.3. The van der Waals surface area contributed by atoms with Crippen LogP contribution in [-0.2, 0) is 28.6 Å². The van der Waals surface area contributed by atoms with E-state index in [1.165, 1.54) is 154 Å². The van der Waals surface area contributed by atoms with Crippen molar-refractivity contribution in [1.82, 2.24) is 0 Å². The first-order valence-corrected chi connectivity index (χ1v) is 25.1. The molecule has 6 nitrogen and oxygen atoms in total. The Morgan fingerprint density at radius 1 is 0.298 bits per heavy atom. The number of ether oxygens (including phenoxy) is 3. The van der Waals surface area contributed by atoms with Crippen molar-refractivity contribution in [2.45, 2.75) is 279 Å². The molecule has 0 aliphatic carbocycles. The number of rotatable bonds is 44. The molecule has 338 valence electrons. The van der Waals surface area contributed by atoms with Gasteiger partial charge in [-0.2, -0.15) is 0 Å². The second-order valence-corrected chi connectivity index (χ2v) is 18.9. The maximum absolute atomic E-state index is 12.7. The molecule has 0 bridgehead atoms. The van der Waals surface area contributed by atoms with Crippen molar-refractivity contribution in [1.29, 1.82) is 0 Å². The van der Waals surface area contributed by atoms with Gasteiger partial charge < -0.3 is 14.2 Å². The van der Waals surface area contributed by atoms with E-state index in [2.05, 4.69) is 41.5 Å². The average molecular weight is 807 g/mol. The highest BCUT2D eigenvalue weighted by molar-refractivity contribution is 5.71. The van der Waals surface area contributed by atoms with Crippen LogP contribution in [0.25, 0.3) is 0 Å². The summed E-state index contributed by atoms with van der Waals surface area (Å²) in [6, 6.07) is 0. The van der Waals surface area contributed by atoms with Gasteiger partial charge in [0.1, 0.15) is 13.2 Å². The van der Waals surface area contributed by atoms with E-state index in [0.29, 0.717) is 19.3 Å². The summed E-state index contributed by atoms with van der Waals surface area (Å²) in [6.45, 7) is 13.7. The molecule has 0 aromatic heterocycles. The number of carbonyl (C=O) groups excluding carboxylic acids is 3. The molecule has 57 heavy (non-hydrogen) atoms. The normalized spacial score (nSPS) is 12.2. The highest BCUT2D eigenvalue weighted by atomic mass is 16.6. The van der Waals surface area contributed by atoms with E-state index in [-0.39, 0.29) is 31.1 Å². The largest absolute Gasteiger partial charge is 0.462 e. The maximum atomic E-state index is 12.7. The maximum Gasteiger partial charge on any atom is 0.306 e. The number of hydrogen-bond donors (Lipinski definition) is 0. The minimum atomic E-state index is -0.762. The Hall–Kier alpha value is -1.59. The van der Waals surface area contributed by atoms with Crippen LogP contribution < -0.4 is 0 Å². The van der Waals surface area contributed by atoms with Crippen LogP contribution in [0, 0.1) is 17.8 Å². The van der Waals surface area contributed by atoms with Gasteiger partial charge in [-0.1, -0.05) is 234 Å². The van der Waals surface area contributed by atoms with Crippen LogP contribution in [0.2, 0.25) is 0 Å². The van der Waals surface area contributed by atoms with Gasteiger partial charge in [0.15, 0.2) is 6.10 Å². The first-order chi connectivity index (χ1) is 27.6. The number of hydrogen-bond acceptors (Lipinski definition) is 6. The Labute approximate surface area is 355 Å². The summed E-state index contributed by atoms with van der Waals surface area (Å²) in [6.07, 6.45) is 41.0. The van der Waals surface area contributed by atoms with Gasteiger partial charge in [0.05, 0.1) is 0 Å².